The molecule has 2 fully saturated rings. The van der Waals surface area contributed by atoms with E-state index in [1.807, 2.05) is 53.4 Å². The second-order valence-corrected chi connectivity index (χ2v) is 13.7. The van der Waals surface area contributed by atoms with Crippen molar-refractivity contribution in [2.45, 2.75) is 70.6 Å². The van der Waals surface area contributed by atoms with Crippen LogP contribution in [0.1, 0.15) is 55.5 Å². The van der Waals surface area contributed by atoms with Crippen LogP contribution in [-0.2, 0) is 40.3 Å². The predicted octanol–water partition coefficient (Wildman–Crippen LogP) is 7.67. The maximum Gasteiger partial charge on any atom is 0.416 e. The molecule has 3 aromatic carbocycles. The van der Waals surface area contributed by atoms with Gasteiger partial charge in [0, 0.05) is 38.6 Å². The largest absolute Gasteiger partial charge is 0.492 e. The van der Waals surface area contributed by atoms with Crippen molar-refractivity contribution in [3.8, 4) is 11.5 Å². The zero-order valence-corrected chi connectivity index (χ0v) is 28.0. The second-order valence-electron chi connectivity index (χ2n) is 13.7. The Balaban J connectivity index is 1.05. The molecule has 0 bridgehead atoms. The van der Waals surface area contributed by atoms with Gasteiger partial charge < -0.3 is 19.5 Å². The molecular weight excluding hydrogens is 650 g/mol. The van der Waals surface area contributed by atoms with Gasteiger partial charge in [0.1, 0.15) is 18.1 Å². The molecule has 2 unspecified atom stereocenters. The van der Waals surface area contributed by atoms with Crippen LogP contribution in [0.3, 0.4) is 0 Å². The van der Waals surface area contributed by atoms with Crippen molar-refractivity contribution < 1.29 is 45.3 Å². The molecule has 5 rings (SSSR count). The molecule has 1 N–H and O–H groups in total. The minimum atomic E-state index is -4.87. The van der Waals surface area contributed by atoms with Crippen LogP contribution < -0.4 is 14.8 Å². The maximum absolute atomic E-state index is 13.5. The number of carbonyl (C=O) groups is 1. The number of nitrogens with zero attached hydrogens (tertiary/aromatic N) is 1. The third-order valence-electron chi connectivity index (χ3n) is 9.05. The standard InChI is InChI=1S/C37H42F6N2O4/c1-5-47-34(46)32(49-28-14-10-25(11-15-28)35(2,3)4)18-23-6-12-27(13-7-23)48-17-16-44-33-29-21-45(22-30(29)33)20-24-8-9-26(36(38,39)40)19-31(24)37(41,42)43/h6-15,19,29-30,32-33,44H,5,16-18,20-22H2,1-4H3/t29-,30?,32+,33?/m1/s1. The molecule has 0 radical (unpaired) electrons. The number of ether oxygens (including phenoxy) is 3. The van der Waals surface area contributed by atoms with Crippen LogP contribution in [0.2, 0.25) is 0 Å². The summed E-state index contributed by atoms with van der Waals surface area (Å²) in [6.45, 7) is 10.4. The maximum atomic E-state index is 13.5. The smallest absolute Gasteiger partial charge is 0.416 e. The molecule has 4 atom stereocenters. The van der Waals surface area contributed by atoms with Gasteiger partial charge in [-0.15, -0.1) is 0 Å². The molecule has 2 aliphatic rings. The van der Waals surface area contributed by atoms with Gasteiger partial charge in [0.25, 0.3) is 0 Å². The van der Waals surface area contributed by atoms with Crippen molar-refractivity contribution in [1.29, 1.82) is 0 Å². The zero-order chi connectivity index (χ0) is 35.6. The number of hydrogen-bond donors (Lipinski definition) is 1. The van der Waals surface area contributed by atoms with E-state index in [0.29, 0.717) is 50.2 Å². The molecule has 1 aliphatic carbocycles. The first-order valence-corrected chi connectivity index (χ1v) is 16.4. The van der Waals surface area contributed by atoms with Crippen molar-refractivity contribution in [3.05, 3.63) is 94.5 Å². The van der Waals surface area contributed by atoms with E-state index in [1.165, 1.54) is 0 Å². The quantitative estimate of drug-likeness (QED) is 0.113. The van der Waals surface area contributed by atoms with Crippen LogP contribution in [-0.4, -0.2) is 55.9 Å². The highest BCUT2D eigenvalue weighted by Crippen LogP contribution is 2.46. The van der Waals surface area contributed by atoms with E-state index in [2.05, 4.69) is 26.1 Å². The number of fused-ring (bicyclic) bond motifs is 1. The molecule has 1 aliphatic heterocycles. The van der Waals surface area contributed by atoms with Gasteiger partial charge in [-0.2, -0.15) is 26.3 Å². The van der Waals surface area contributed by atoms with Crippen LogP contribution in [0.15, 0.2) is 66.7 Å². The summed E-state index contributed by atoms with van der Waals surface area (Å²) in [5, 5.41) is 3.45. The fourth-order valence-electron chi connectivity index (χ4n) is 6.38. The average molecular weight is 693 g/mol. The lowest BCUT2D eigenvalue weighted by Crippen LogP contribution is -2.33. The molecule has 0 spiro atoms. The number of piperidine rings is 1. The van der Waals surface area contributed by atoms with E-state index in [4.69, 9.17) is 14.2 Å². The Labute approximate surface area is 282 Å². The lowest BCUT2D eigenvalue weighted by molar-refractivity contribution is -0.151. The van der Waals surface area contributed by atoms with E-state index < -0.39 is 35.6 Å². The number of esters is 1. The van der Waals surface area contributed by atoms with Crippen molar-refractivity contribution in [3.63, 3.8) is 0 Å². The topological polar surface area (TPSA) is 60.0 Å². The highest BCUT2D eigenvalue weighted by molar-refractivity contribution is 5.75. The third kappa shape index (κ3) is 9.48. The van der Waals surface area contributed by atoms with Gasteiger partial charge in [0.15, 0.2) is 6.10 Å². The lowest BCUT2D eigenvalue weighted by Gasteiger charge is -2.23. The number of carbonyl (C=O) groups excluding carboxylic acids is 1. The minimum absolute atomic E-state index is 0.00299. The number of hydrogen-bond acceptors (Lipinski definition) is 6. The molecule has 6 nitrogen and oxygen atoms in total. The summed E-state index contributed by atoms with van der Waals surface area (Å²) in [5.74, 6) is 1.35. The van der Waals surface area contributed by atoms with Crippen LogP contribution in [0, 0.1) is 11.8 Å². The predicted molar refractivity (Wildman–Crippen MR) is 172 cm³/mol. The van der Waals surface area contributed by atoms with Gasteiger partial charge in [-0.3, -0.25) is 4.90 Å². The summed E-state index contributed by atoms with van der Waals surface area (Å²) < 4.78 is 96.8. The van der Waals surface area contributed by atoms with E-state index in [1.54, 1.807) is 6.92 Å². The zero-order valence-electron chi connectivity index (χ0n) is 28.0. The van der Waals surface area contributed by atoms with Crippen LogP contribution in [0.4, 0.5) is 26.3 Å². The van der Waals surface area contributed by atoms with Crippen molar-refractivity contribution in [1.82, 2.24) is 10.2 Å². The summed E-state index contributed by atoms with van der Waals surface area (Å²) >= 11 is 0. The lowest BCUT2D eigenvalue weighted by atomic mass is 9.87. The Hall–Kier alpha value is -3.77. The molecule has 0 aromatic heterocycles. The van der Waals surface area contributed by atoms with E-state index >= 15 is 0 Å². The number of likely N-dealkylation sites (tertiary alicyclic amines) is 1. The van der Waals surface area contributed by atoms with Gasteiger partial charge in [0.2, 0.25) is 0 Å². The molecule has 1 heterocycles. The van der Waals surface area contributed by atoms with Gasteiger partial charge in [-0.05, 0) is 77.3 Å². The molecule has 12 heteroatoms. The molecule has 49 heavy (non-hydrogen) atoms. The van der Waals surface area contributed by atoms with Crippen molar-refractivity contribution >= 4 is 5.97 Å². The molecule has 1 saturated heterocycles. The molecule has 3 aromatic rings. The Morgan fingerprint density at radius 1 is 0.857 bits per heavy atom. The summed E-state index contributed by atoms with van der Waals surface area (Å²) in [6, 6.07) is 17.2. The van der Waals surface area contributed by atoms with Crippen molar-refractivity contribution in [2.75, 3.05) is 32.8 Å². The first-order valence-electron chi connectivity index (χ1n) is 16.4. The van der Waals surface area contributed by atoms with Crippen LogP contribution in [0.5, 0.6) is 11.5 Å². The molecule has 266 valence electrons. The Morgan fingerprint density at radius 2 is 1.47 bits per heavy atom. The monoisotopic (exact) mass is 692 g/mol. The van der Waals surface area contributed by atoms with Crippen LogP contribution in [0.25, 0.3) is 0 Å². The second kappa shape index (κ2) is 14.6. The Kier molecular flexibility index (Phi) is 10.9. The number of benzene rings is 3. The highest BCUT2D eigenvalue weighted by atomic mass is 19.4. The van der Waals surface area contributed by atoms with Crippen LogP contribution >= 0.6 is 0 Å². The number of nitrogens with one attached hydrogen (secondary N) is 1. The first-order chi connectivity index (χ1) is 23.0. The summed E-state index contributed by atoms with van der Waals surface area (Å²) in [5.41, 5.74) is -0.662. The number of halogens is 6. The fourth-order valence-corrected chi connectivity index (χ4v) is 6.38. The highest BCUT2D eigenvalue weighted by Gasteiger charge is 2.55. The normalized spacial score (nSPS) is 20.1. The third-order valence-corrected chi connectivity index (χ3v) is 9.05. The van der Waals surface area contributed by atoms with E-state index in [0.717, 1.165) is 17.2 Å². The molecule has 1 saturated carbocycles. The summed E-state index contributed by atoms with van der Waals surface area (Å²) in [6.07, 6.45) is -10.2. The summed E-state index contributed by atoms with van der Waals surface area (Å²) in [4.78, 5) is 14.6. The van der Waals surface area contributed by atoms with E-state index in [-0.39, 0.29) is 48.1 Å². The first kappa shape index (κ1) is 36.5. The average Bonchev–Trinajstić information content (AvgIpc) is 3.47. The molecular formula is C37H42F6N2O4. The van der Waals surface area contributed by atoms with Gasteiger partial charge in [-0.25, -0.2) is 4.79 Å². The fraction of sp³-hybridized carbons (Fsp3) is 0.486. The SMILES string of the molecule is CCOC(=O)[C@H](Cc1ccc(OCCNC2C3CN(Cc4ccc(C(F)(F)F)cc4C(F)(F)F)C[C@H]32)cc1)Oc1ccc(C(C)(C)C)cc1. The number of rotatable bonds is 13. The Bertz CT molecular complexity index is 1560. The molecule has 0 amide bonds. The van der Waals surface area contributed by atoms with Crippen molar-refractivity contribution in [2.24, 2.45) is 11.8 Å². The van der Waals surface area contributed by atoms with Gasteiger partial charge in [0.05, 0.1) is 17.7 Å². The Morgan fingerprint density at radius 3 is 2.04 bits per heavy atom. The minimum Gasteiger partial charge on any atom is -0.492 e. The van der Waals surface area contributed by atoms with Gasteiger partial charge in [-0.1, -0.05) is 51.1 Å². The van der Waals surface area contributed by atoms with Gasteiger partial charge >= 0.3 is 18.3 Å². The number of alkyl halides is 6. The van der Waals surface area contributed by atoms with E-state index in [9.17, 15) is 31.1 Å². The summed E-state index contributed by atoms with van der Waals surface area (Å²) in [7, 11) is 0.